The molecular formula is C41H28N2OS. The number of rotatable bonds is 5. The Morgan fingerprint density at radius 2 is 1.24 bits per heavy atom. The topological polar surface area (TPSA) is 24.5 Å². The molecule has 8 aromatic rings. The molecule has 4 heteroatoms. The first kappa shape index (κ1) is 25.9. The van der Waals surface area contributed by atoms with Gasteiger partial charge in [0.15, 0.2) is 12.0 Å². The molecule has 0 amide bonds. The molecule has 1 atom stereocenters. The van der Waals surface area contributed by atoms with Gasteiger partial charge in [-0.25, -0.2) is 0 Å². The summed E-state index contributed by atoms with van der Waals surface area (Å²) in [6, 6.07) is 56.1. The quantitative estimate of drug-likeness (QED) is 0.214. The van der Waals surface area contributed by atoms with Crippen LogP contribution in [0.15, 0.2) is 158 Å². The lowest BCUT2D eigenvalue weighted by atomic mass is 10.00. The van der Waals surface area contributed by atoms with Gasteiger partial charge in [0.1, 0.15) is 5.69 Å². The molecule has 0 saturated carbocycles. The molecule has 1 aliphatic heterocycles. The minimum Gasteiger partial charge on any atom is -0.464 e. The van der Waals surface area contributed by atoms with Gasteiger partial charge < -0.3 is 15.0 Å². The standard InChI is InChI=1S/C41H28N2OS/c1-3-13-27(14-4-1)31-18-9-11-21-35(31)43(30-23-24-34-33-20-10-12-22-37(33)45-38(34)26-30)36-25-29-17-7-8-19-32(29)40-39(36)42-41(44-40)28-15-5-2-6-16-28/h1-26,41-42H. The van der Waals surface area contributed by atoms with Gasteiger partial charge in [-0.3, -0.25) is 0 Å². The van der Waals surface area contributed by atoms with Crippen molar-refractivity contribution in [2.75, 3.05) is 10.2 Å². The molecule has 3 nitrogen and oxygen atoms in total. The summed E-state index contributed by atoms with van der Waals surface area (Å²) in [5, 5.41) is 8.60. The van der Waals surface area contributed by atoms with Gasteiger partial charge in [-0.2, -0.15) is 0 Å². The van der Waals surface area contributed by atoms with E-state index in [1.807, 2.05) is 17.4 Å². The first-order valence-electron chi connectivity index (χ1n) is 15.2. The summed E-state index contributed by atoms with van der Waals surface area (Å²) in [5.74, 6) is 0.877. The Bertz CT molecular complexity index is 2350. The van der Waals surface area contributed by atoms with Crippen LogP contribution in [-0.2, 0) is 0 Å². The van der Waals surface area contributed by atoms with Crippen LogP contribution in [-0.4, -0.2) is 0 Å². The second-order valence-electron chi connectivity index (χ2n) is 11.4. The number of nitrogens with one attached hydrogen (secondary N) is 1. The van der Waals surface area contributed by atoms with Crippen LogP contribution in [0, 0.1) is 0 Å². The van der Waals surface area contributed by atoms with E-state index in [0.29, 0.717) is 0 Å². The highest BCUT2D eigenvalue weighted by Gasteiger charge is 2.31. The van der Waals surface area contributed by atoms with Crippen molar-refractivity contribution in [2.24, 2.45) is 0 Å². The van der Waals surface area contributed by atoms with Gasteiger partial charge in [-0.1, -0.05) is 127 Å². The third-order valence-corrected chi connectivity index (χ3v) is 9.82. The van der Waals surface area contributed by atoms with Crippen molar-refractivity contribution in [3.63, 3.8) is 0 Å². The average molecular weight is 597 g/mol. The number of hydrogen-bond acceptors (Lipinski definition) is 4. The average Bonchev–Trinajstić information content (AvgIpc) is 3.72. The lowest BCUT2D eigenvalue weighted by Gasteiger charge is -2.29. The van der Waals surface area contributed by atoms with E-state index in [1.54, 1.807) is 0 Å². The fraction of sp³-hybridized carbons (Fsp3) is 0.0244. The summed E-state index contributed by atoms with van der Waals surface area (Å²) < 4.78 is 9.32. The minimum atomic E-state index is -0.290. The number of thiophene rings is 1. The normalized spacial score (nSPS) is 13.9. The van der Waals surface area contributed by atoms with E-state index in [-0.39, 0.29) is 6.23 Å². The molecule has 0 aliphatic carbocycles. The highest BCUT2D eigenvalue weighted by atomic mass is 32.1. The molecule has 0 radical (unpaired) electrons. The Morgan fingerprint density at radius 3 is 2.11 bits per heavy atom. The zero-order valence-corrected chi connectivity index (χ0v) is 25.2. The molecule has 45 heavy (non-hydrogen) atoms. The van der Waals surface area contributed by atoms with Crippen molar-refractivity contribution in [2.45, 2.75) is 6.23 Å². The Labute approximate surface area is 265 Å². The lowest BCUT2D eigenvalue weighted by molar-refractivity contribution is 0.262. The molecule has 7 aromatic carbocycles. The van der Waals surface area contributed by atoms with Crippen LogP contribution in [0.4, 0.5) is 22.7 Å². The first-order chi connectivity index (χ1) is 22.3. The third kappa shape index (κ3) is 4.34. The van der Waals surface area contributed by atoms with Crippen molar-refractivity contribution < 1.29 is 4.74 Å². The second kappa shape index (κ2) is 10.5. The zero-order chi connectivity index (χ0) is 29.7. The molecular weight excluding hydrogens is 569 g/mol. The summed E-state index contributed by atoms with van der Waals surface area (Å²) in [4.78, 5) is 2.40. The van der Waals surface area contributed by atoms with Gasteiger partial charge in [0.05, 0.1) is 11.4 Å². The van der Waals surface area contributed by atoms with Crippen molar-refractivity contribution in [3.05, 3.63) is 163 Å². The lowest BCUT2D eigenvalue weighted by Crippen LogP contribution is -2.14. The Kier molecular flexibility index (Phi) is 6.06. The van der Waals surface area contributed by atoms with E-state index in [0.717, 1.165) is 50.4 Å². The van der Waals surface area contributed by atoms with E-state index in [4.69, 9.17) is 4.74 Å². The smallest absolute Gasteiger partial charge is 0.196 e. The fourth-order valence-corrected chi connectivity index (χ4v) is 7.73. The van der Waals surface area contributed by atoms with E-state index >= 15 is 0 Å². The Morgan fingerprint density at radius 1 is 0.556 bits per heavy atom. The first-order valence-corrected chi connectivity index (χ1v) is 16.0. The molecule has 0 fully saturated rings. The predicted octanol–water partition coefficient (Wildman–Crippen LogP) is 11.8. The van der Waals surface area contributed by atoms with E-state index < -0.39 is 0 Å². The number of benzene rings is 7. The van der Waals surface area contributed by atoms with Crippen LogP contribution >= 0.6 is 11.3 Å². The highest BCUT2D eigenvalue weighted by molar-refractivity contribution is 7.25. The number of fused-ring (bicyclic) bond motifs is 6. The van der Waals surface area contributed by atoms with Gasteiger partial charge in [-0.15, -0.1) is 11.3 Å². The molecule has 2 heterocycles. The number of hydrogen-bond donors (Lipinski definition) is 1. The maximum Gasteiger partial charge on any atom is 0.196 e. The molecule has 1 aromatic heterocycles. The number of ether oxygens (including phenoxy) is 1. The summed E-state index contributed by atoms with van der Waals surface area (Å²) in [7, 11) is 0. The van der Waals surface area contributed by atoms with E-state index in [2.05, 4.69) is 162 Å². The summed E-state index contributed by atoms with van der Waals surface area (Å²) >= 11 is 1.84. The summed E-state index contributed by atoms with van der Waals surface area (Å²) in [6.45, 7) is 0. The maximum absolute atomic E-state index is 6.76. The molecule has 1 unspecified atom stereocenters. The van der Waals surface area contributed by atoms with E-state index in [1.165, 1.54) is 25.7 Å². The van der Waals surface area contributed by atoms with Crippen molar-refractivity contribution >= 4 is 65.0 Å². The summed E-state index contributed by atoms with van der Waals surface area (Å²) in [6.07, 6.45) is -0.290. The van der Waals surface area contributed by atoms with Crippen LogP contribution < -0.4 is 15.0 Å². The van der Waals surface area contributed by atoms with Gasteiger partial charge in [0, 0.05) is 42.4 Å². The van der Waals surface area contributed by atoms with E-state index in [9.17, 15) is 0 Å². The zero-order valence-electron chi connectivity index (χ0n) is 24.4. The number of anilines is 4. The molecule has 1 N–H and O–H groups in total. The van der Waals surface area contributed by atoms with Gasteiger partial charge in [0.2, 0.25) is 0 Å². The number of nitrogens with zero attached hydrogens (tertiary/aromatic N) is 1. The highest BCUT2D eigenvalue weighted by Crippen LogP contribution is 2.53. The van der Waals surface area contributed by atoms with Crippen molar-refractivity contribution in [3.8, 4) is 16.9 Å². The predicted molar refractivity (Wildman–Crippen MR) is 190 cm³/mol. The number of para-hydroxylation sites is 1. The van der Waals surface area contributed by atoms with Gasteiger partial charge in [-0.05, 0) is 41.3 Å². The van der Waals surface area contributed by atoms with Crippen LogP contribution in [0.2, 0.25) is 0 Å². The molecule has 0 spiro atoms. The monoisotopic (exact) mass is 596 g/mol. The molecule has 214 valence electrons. The molecule has 0 bridgehead atoms. The van der Waals surface area contributed by atoms with Crippen molar-refractivity contribution in [1.82, 2.24) is 0 Å². The molecule has 9 rings (SSSR count). The molecule has 0 saturated heterocycles. The fourth-order valence-electron chi connectivity index (χ4n) is 6.59. The Hall–Kier alpha value is -5.58. The van der Waals surface area contributed by atoms with Crippen LogP contribution in [0.1, 0.15) is 11.8 Å². The largest absolute Gasteiger partial charge is 0.464 e. The van der Waals surface area contributed by atoms with Gasteiger partial charge >= 0.3 is 0 Å². The Balaban J connectivity index is 1.32. The van der Waals surface area contributed by atoms with Crippen LogP contribution in [0.25, 0.3) is 42.1 Å². The second-order valence-corrected chi connectivity index (χ2v) is 12.5. The van der Waals surface area contributed by atoms with Crippen LogP contribution in [0.3, 0.4) is 0 Å². The third-order valence-electron chi connectivity index (χ3n) is 8.69. The SMILES string of the molecule is c1ccc(-c2ccccc2N(c2ccc3c(c2)sc2ccccc23)c2cc3ccccc3c3c2NC(c2ccccc2)O3)cc1. The minimum absolute atomic E-state index is 0.290. The maximum atomic E-state index is 6.76. The van der Waals surface area contributed by atoms with Crippen LogP contribution in [0.5, 0.6) is 5.75 Å². The van der Waals surface area contributed by atoms with Gasteiger partial charge in [0.25, 0.3) is 0 Å². The van der Waals surface area contributed by atoms with Crippen molar-refractivity contribution in [1.29, 1.82) is 0 Å². The molecule has 1 aliphatic rings. The summed E-state index contributed by atoms with van der Waals surface area (Å²) in [5.41, 5.74) is 7.66.